The Balaban J connectivity index is 2.19. The van der Waals surface area contributed by atoms with Crippen LogP contribution in [0, 0.1) is 0 Å². The Kier molecular flexibility index (Phi) is 4.21. The lowest BCUT2D eigenvalue weighted by Crippen LogP contribution is -2.25. The van der Waals surface area contributed by atoms with Gasteiger partial charge in [0.05, 0.1) is 18.9 Å². The second kappa shape index (κ2) is 5.88. The van der Waals surface area contributed by atoms with Crippen LogP contribution in [0.3, 0.4) is 0 Å². The summed E-state index contributed by atoms with van der Waals surface area (Å²) >= 11 is 0. The smallest absolute Gasteiger partial charge is 0.180 e. The van der Waals surface area contributed by atoms with Gasteiger partial charge in [0, 0.05) is 33.0 Å². The minimum atomic E-state index is 0.247. The van der Waals surface area contributed by atoms with Crippen LogP contribution in [0.2, 0.25) is 0 Å². The SMILES string of the molecule is CNc1cn2ccnc2c(N(C)CCOC(C)C)n1. The average molecular weight is 263 g/mol. The van der Waals surface area contributed by atoms with E-state index in [1.807, 2.05) is 44.7 Å². The lowest BCUT2D eigenvalue weighted by Gasteiger charge is -2.20. The van der Waals surface area contributed by atoms with E-state index in [1.54, 1.807) is 6.20 Å². The summed E-state index contributed by atoms with van der Waals surface area (Å²) in [4.78, 5) is 11.0. The van der Waals surface area contributed by atoms with Crippen LogP contribution in [0.1, 0.15) is 13.8 Å². The van der Waals surface area contributed by atoms with Gasteiger partial charge < -0.3 is 19.4 Å². The van der Waals surface area contributed by atoms with Crippen molar-refractivity contribution in [3.63, 3.8) is 0 Å². The third-order valence-corrected chi connectivity index (χ3v) is 2.85. The van der Waals surface area contributed by atoms with Crippen molar-refractivity contribution in [1.29, 1.82) is 0 Å². The van der Waals surface area contributed by atoms with Crippen molar-refractivity contribution < 1.29 is 4.74 Å². The van der Waals surface area contributed by atoms with Gasteiger partial charge in [0.2, 0.25) is 0 Å². The quantitative estimate of drug-likeness (QED) is 0.858. The van der Waals surface area contributed by atoms with E-state index in [0.29, 0.717) is 6.61 Å². The fourth-order valence-electron chi connectivity index (χ4n) is 1.82. The normalized spacial score (nSPS) is 11.2. The maximum absolute atomic E-state index is 5.57. The van der Waals surface area contributed by atoms with Crippen molar-refractivity contribution in [3.8, 4) is 0 Å². The Hall–Kier alpha value is -1.82. The predicted octanol–water partition coefficient (Wildman–Crippen LogP) is 1.63. The Morgan fingerprint density at radius 3 is 2.95 bits per heavy atom. The molecule has 1 N–H and O–H groups in total. The van der Waals surface area contributed by atoms with Crippen LogP contribution < -0.4 is 10.2 Å². The van der Waals surface area contributed by atoms with E-state index in [2.05, 4.69) is 20.2 Å². The summed E-state index contributed by atoms with van der Waals surface area (Å²) in [6.45, 7) is 5.52. The van der Waals surface area contributed by atoms with Gasteiger partial charge in [-0.05, 0) is 13.8 Å². The van der Waals surface area contributed by atoms with Gasteiger partial charge in [-0.2, -0.15) is 0 Å². The van der Waals surface area contributed by atoms with E-state index in [9.17, 15) is 0 Å². The molecule has 6 heteroatoms. The van der Waals surface area contributed by atoms with E-state index in [-0.39, 0.29) is 6.10 Å². The number of rotatable bonds is 6. The fraction of sp³-hybridized carbons (Fsp3) is 0.538. The molecule has 2 rings (SSSR count). The van der Waals surface area contributed by atoms with Crippen LogP contribution in [0.5, 0.6) is 0 Å². The van der Waals surface area contributed by atoms with E-state index < -0.39 is 0 Å². The molecule has 0 radical (unpaired) electrons. The topological polar surface area (TPSA) is 54.7 Å². The van der Waals surface area contributed by atoms with Crippen LogP contribution in [0.25, 0.3) is 5.65 Å². The number of nitrogens with one attached hydrogen (secondary N) is 1. The number of hydrogen-bond donors (Lipinski definition) is 1. The second-order valence-electron chi connectivity index (χ2n) is 4.70. The highest BCUT2D eigenvalue weighted by Crippen LogP contribution is 2.19. The summed E-state index contributed by atoms with van der Waals surface area (Å²) in [5, 5.41) is 3.06. The molecular formula is C13H21N5O. The molecule has 0 atom stereocenters. The Bertz CT molecular complexity index is 537. The van der Waals surface area contributed by atoms with Crippen molar-refractivity contribution >= 4 is 17.3 Å². The van der Waals surface area contributed by atoms with Crippen LogP contribution in [0.15, 0.2) is 18.6 Å². The molecule has 0 aliphatic carbocycles. The van der Waals surface area contributed by atoms with Gasteiger partial charge in [-0.15, -0.1) is 0 Å². The number of hydrogen-bond acceptors (Lipinski definition) is 5. The molecule has 0 amide bonds. The lowest BCUT2D eigenvalue weighted by atomic mass is 10.4. The molecule has 2 heterocycles. The van der Waals surface area contributed by atoms with Gasteiger partial charge in [0.15, 0.2) is 11.5 Å². The summed E-state index contributed by atoms with van der Waals surface area (Å²) in [7, 11) is 3.86. The molecule has 0 fully saturated rings. The molecule has 0 aliphatic heterocycles. The van der Waals surface area contributed by atoms with Crippen molar-refractivity contribution in [1.82, 2.24) is 14.4 Å². The molecule has 0 spiro atoms. The first-order valence-corrected chi connectivity index (χ1v) is 6.46. The van der Waals surface area contributed by atoms with E-state index in [4.69, 9.17) is 4.74 Å². The second-order valence-corrected chi connectivity index (χ2v) is 4.70. The van der Waals surface area contributed by atoms with Crippen molar-refractivity contribution in [2.24, 2.45) is 0 Å². The third kappa shape index (κ3) is 3.14. The number of likely N-dealkylation sites (N-methyl/N-ethyl adjacent to an activating group) is 1. The molecule has 0 saturated carbocycles. The highest BCUT2D eigenvalue weighted by molar-refractivity contribution is 5.66. The minimum absolute atomic E-state index is 0.247. The van der Waals surface area contributed by atoms with Crippen molar-refractivity contribution in [2.75, 3.05) is 37.5 Å². The summed E-state index contributed by atoms with van der Waals surface area (Å²) in [6.07, 6.45) is 5.86. The highest BCUT2D eigenvalue weighted by atomic mass is 16.5. The zero-order valence-electron chi connectivity index (χ0n) is 11.9. The van der Waals surface area contributed by atoms with E-state index >= 15 is 0 Å². The molecular weight excluding hydrogens is 242 g/mol. The Morgan fingerprint density at radius 1 is 1.47 bits per heavy atom. The molecule has 2 aromatic rings. The maximum atomic E-state index is 5.57. The maximum Gasteiger partial charge on any atom is 0.180 e. The predicted molar refractivity (Wildman–Crippen MR) is 76.9 cm³/mol. The lowest BCUT2D eigenvalue weighted by molar-refractivity contribution is 0.0845. The van der Waals surface area contributed by atoms with E-state index in [1.165, 1.54) is 0 Å². The van der Waals surface area contributed by atoms with Crippen LogP contribution in [0.4, 0.5) is 11.6 Å². The van der Waals surface area contributed by atoms with Crippen LogP contribution in [-0.2, 0) is 4.74 Å². The molecule has 19 heavy (non-hydrogen) atoms. The third-order valence-electron chi connectivity index (χ3n) is 2.85. The molecule has 0 aromatic carbocycles. The largest absolute Gasteiger partial charge is 0.377 e. The van der Waals surface area contributed by atoms with Gasteiger partial charge in [0.1, 0.15) is 5.82 Å². The summed E-state index contributed by atoms with van der Waals surface area (Å²) in [5.41, 5.74) is 0.853. The van der Waals surface area contributed by atoms with Gasteiger partial charge in [-0.25, -0.2) is 9.97 Å². The summed E-state index contributed by atoms with van der Waals surface area (Å²) in [6, 6.07) is 0. The van der Waals surface area contributed by atoms with Gasteiger partial charge >= 0.3 is 0 Å². The Labute approximate surface area is 113 Å². The molecule has 0 saturated heterocycles. The highest BCUT2D eigenvalue weighted by Gasteiger charge is 2.11. The Morgan fingerprint density at radius 2 is 2.26 bits per heavy atom. The molecule has 0 bridgehead atoms. The molecule has 2 aromatic heterocycles. The van der Waals surface area contributed by atoms with Gasteiger partial charge in [-0.3, -0.25) is 0 Å². The van der Waals surface area contributed by atoms with Crippen molar-refractivity contribution in [2.45, 2.75) is 20.0 Å². The van der Waals surface area contributed by atoms with Crippen LogP contribution >= 0.6 is 0 Å². The van der Waals surface area contributed by atoms with Crippen LogP contribution in [-0.4, -0.2) is 47.7 Å². The fourth-order valence-corrected chi connectivity index (χ4v) is 1.82. The average Bonchev–Trinajstić information content (AvgIpc) is 2.84. The minimum Gasteiger partial charge on any atom is -0.377 e. The monoisotopic (exact) mass is 263 g/mol. The van der Waals surface area contributed by atoms with Gasteiger partial charge in [0.25, 0.3) is 0 Å². The number of nitrogens with zero attached hydrogens (tertiary/aromatic N) is 4. The molecule has 6 nitrogen and oxygen atoms in total. The molecule has 0 aliphatic rings. The zero-order valence-corrected chi connectivity index (χ0v) is 11.9. The zero-order chi connectivity index (χ0) is 13.8. The standard InChI is InChI=1S/C13H21N5O/c1-10(2)19-8-7-17(4)13-12-15-5-6-18(12)9-11(14-3)16-13/h5-6,9-10,14H,7-8H2,1-4H3. The first-order valence-electron chi connectivity index (χ1n) is 6.46. The number of fused-ring (bicyclic) bond motifs is 1. The molecule has 0 unspecified atom stereocenters. The number of imidazole rings is 1. The van der Waals surface area contributed by atoms with E-state index in [0.717, 1.165) is 23.8 Å². The number of ether oxygens (including phenoxy) is 1. The van der Waals surface area contributed by atoms with Crippen molar-refractivity contribution in [3.05, 3.63) is 18.6 Å². The first kappa shape index (κ1) is 13.6. The summed E-state index contributed by atoms with van der Waals surface area (Å²) < 4.78 is 7.54. The summed E-state index contributed by atoms with van der Waals surface area (Å²) in [5.74, 6) is 1.67. The first-order chi connectivity index (χ1) is 9.11. The number of aromatic nitrogens is 3. The van der Waals surface area contributed by atoms with Gasteiger partial charge in [-0.1, -0.05) is 0 Å². The number of anilines is 2. The molecule has 104 valence electrons.